The molecule has 0 saturated heterocycles. The van der Waals surface area contributed by atoms with Gasteiger partial charge in [-0.15, -0.1) is 6.58 Å². The van der Waals surface area contributed by atoms with Crippen LogP contribution in [0.25, 0.3) is 22.3 Å². The molecule has 4 aromatic carbocycles. The molecule has 46 heavy (non-hydrogen) atoms. The zero-order valence-electron chi connectivity index (χ0n) is 24.5. The third-order valence-electron chi connectivity index (χ3n) is 8.46. The first-order valence-electron chi connectivity index (χ1n) is 14.8. The summed E-state index contributed by atoms with van der Waals surface area (Å²) in [6.07, 6.45) is 4.24. The Morgan fingerprint density at radius 3 is 1.76 bits per heavy atom. The molecule has 0 radical (unpaired) electrons. The van der Waals surface area contributed by atoms with Crippen LogP contribution in [0.2, 0.25) is 0 Å². The van der Waals surface area contributed by atoms with Crippen molar-refractivity contribution in [3.8, 4) is 28.0 Å². The van der Waals surface area contributed by atoms with Crippen molar-refractivity contribution in [3.05, 3.63) is 125 Å². The van der Waals surface area contributed by atoms with E-state index in [0.29, 0.717) is 36.2 Å². The molecule has 1 nitrogen and oxygen atoms in total. The smallest absolute Gasteiger partial charge is 0.429 e. The summed E-state index contributed by atoms with van der Waals surface area (Å²) in [5.41, 5.74) is -2.42. The van der Waals surface area contributed by atoms with Gasteiger partial charge in [0.25, 0.3) is 0 Å². The molecule has 0 spiro atoms. The summed E-state index contributed by atoms with van der Waals surface area (Å²) in [6.45, 7) is 3.74. The largest absolute Gasteiger partial charge is 0.432 e. The summed E-state index contributed by atoms with van der Waals surface area (Å²) in [7, 11) is 0. The number of alkyl halides is 2. The Kier molecular flexibility index (Phi) is 9.84. The summed E-state index contributed by atoms with van der Waals surface area (Å²) in [6, 6.07) is 8.51. The predicted molar refractivity (Wildman–Crippen MR) is 157 cm³/mol. The third-order valence-corrected chi connectivity index (χ3v) is 8.46. The number of hydrogen-bond donors (Lipinski definition) is 0. The molecule has 242 valence electrons. The summed E-state index contributed by atoms with van der Waals surface area (Å²) >= 11 is 0. The molecule has 0 unspecified atom stereocenters. The van der Waals surface area contributed by atoms with Crippen LogP contribution in [-0.2, 0) is 6.11 Å². The summed E-state index contributed by atoms with van der Waals surface area (Å²) in [5, 5.41) is 0. The second-order valence-electron chi connectivity index (χ2n) is 11.5. The number of unbranched alkanes of at least 4 members (excludes halogenated alkanes) is 1. The molecule has 1 fully saturated rings. The van der Waals surface area contributed by atoms with Gasteiger partial charge in [0, 0.05) is 17.2 Å². The second-order valence-corrected chi connectivity index (χ2v) is 11.5. The van der Waals surface area contributed by atoms with Crippen LogP contribution in [-0.4, -0.2) is 0 Å². The number of ether oxygens (including phenoxy) is 1. The number of halogens is 9. The molecule has 0 amide bonds. The summed E-state index contributed by atoms with van der Waals surface area (Å²) < 4.78 is 135. The van der Waals surface area contributed by atoms with Crippen molar-refractivity contribution in [1.82, 2.24) is 0 Å². The highest BCUT2D eigenvalue weighted by atomic mass is 19.3. The lowest BCUT2D eigenvalue weighted by Gasteiger charge is -2.29. The normalized spacial score (nSPS) is 16.8. The first-order valence-corrected chi connectivity index (χ1v) is 14.8. The van der Waals surface area contributed by atoms with Gasteiger partial charge in [-0.05, 0) is 110 Å². The molecule has 0 aromatic heterocycles. The van der Waals surface area contributed by atoms with Crippen molar-refractivity contribution in [1.29, 1.82) is 0 Å². The maximum absolute atomic E-state index is 15.2. The van der Waals surface area contributed by atoms with Gasteiger partial charge in [-0.3, -0.25) is 0 Å². The van der Waals surface area contributed by atoms with Crippen LogP contribution in [0.4, 0.5) is 39.5 Å². The Morgan fingerprint density at radius 2 is 1.22 bits per heavy atom. The van der Waals surface area contributed by atoms with E-state index in [2.05, 4.69) is 11.3 Å². The van der Waals surface area contributed by atoms with E-state index in [1.807, 2.05) is 6.08 Å². The van der Waals surface area contributed by atoms with Gasteiger partial charge in [-0.2, -0.15) is 8.78 Å². The fourth-order valence-electron chi connectivity index (χ4n) is 6.06. The van der Waals surface area contributed by atoms with Gasteiger partial charge in [0.2, 0.25) is 0 Å². The fraction of sp³-hybridized carbons (Fsp3) is 0.278. The van der Waals surface area contributed by atoms with E-state index < -0.39 is 69.3 Å². The molecular weight excluding hydrogens is 619 g/mol. The van der Waals surface area contributed by atoms with Gasteiger partial charge in [-0.1, -0.05) is 24.6 Å². The minimum absolute atomic E-state index is 0.141. The Hall–Kier alpha value is -4.21. The quantitative estimate of drug-likeness (QED) is 0.0720. The van der Waals surface area contributed by atoms with Gasteiger partial charge in [0.15, 0.2) is 17.5 Å². The topological polar surface area (TPSA) is 9.23 Å². The molecule has 5 rings (SSSR count). The van der Waals surface area contributed by atoms with E-state index in [0.717, 1.165) is 62.6 Å². The SMILES string of the molecule is C=CCCCC1CCC(c2ccc(-c3cc(F)c(C(F)(F)Oc4ccc(-c5cc(F)c(F)c(F)c5)c(F)c4)c(F)c3)c(F)c2)CC1. The van der Waals surface area contributed by atoms with Crippen LogP contribution in [0.15, 0.2) is 73.3 Å². The van der Waals surface area contributed by atoms with E-state index in [1.165, 1.54) is 12.1 Å². The van der Waals surface area contributed by atoms with Crippen molar-refractivity contribution < 1.29 is 44.3 Å². The van der Waals surface area contributed by atoms with E-state index in [1.54, 1.807) is 6.07 Å². The van der Waals surface area contributed by atoms with E-state index in [9.17, 15) is 17.6 Å². The fourth-order valence-corrected chi connectivity index (χ4v) is 6.06. The second kappa shape index (κ2) is 13.6. The monoisotopic (exact) mass is 648 g/mol. The lowest BCUT2D eigenvalue weighted by atomic mass is 9.77. The van der Waals surface area contributed by atoms with Crippen LogP contribution >= 0.6 is 0 Å². The molecule has 4 aromatic rings. The third kappa shape index (κ3) is 7.11. The zero-order chi connectivity index (χ0) is 33.2. The van der Waals surface area contributed by atoms with E-state index >= 15 is 22.0 Å². The van der Waals surface area contributed by atoms with Crippen molar-refractivity contribution in [2.24, 2.45) is 5.92 Å². The minimum Gasteiger partial charge on any atom is -0.429 e. The Balaban J connectivity index is 1.32. The summed E-state index contributed by atoms with van der Waals surface area (Å²) in [4.78, 5) is 0. The van der Waals surface area contributed by atoms with E-state index in [-0.39, 0.29) is 17.0 Å². The first-order chi connectivity index (χ1) is 21.9. The van der Waals surface area contributed by atoms with Crippen molar-refractivity contribution in [2.75, 3.05) is 0 Å². The predicted octanol–water partition coefficient (Wildman–Crippen LogP) is 11.8. The van der Waals surface area contributed by atoms with Crippen LogP contribution in [0.5, 0.6) is 5.75 Å². The molecule has 0 aliphatic heterocycles. The lowest BCUT2D eigenvalue weighted by molar-refractivity contribution is -0.189. The maximum atomic E-state index is 15.2. The highest BCUT2D eigenvalue weighted by Crippen LogP contribution is 2.41. The average molecular weight is 649 g/mol. The van der Waals surface area contributed by atoms with Crippen molar-refractivity contribution >= 4 is 0 Å². The van der Waals surface area contributed by atoms with Crippen molar-refractivity contribution in [2.45, 2.75) is 57.0 Å². The molecule has 0 atom stereocenters. The van der Waals surface area contributed by atoms with Crippen LogP contribution in [0.3, 0.4) is 0 Å². The van der Waals surface area contributed by atoms with E-state index in [4.69, 9.17) is 0 Å². The molecular formula is C36H29F9O. The number of allylic oxidation sites excluding steroid dienone is 1. The molecule has 0 N–H and O–H groups in total. The Bertz CT molecular complexity index is 1700. The lowest BCUT2D eigenvalue weighted by Crippen LogP contribution is -2.25. The molecule has 10 heteroatoms. The summed E-state index contributed by atoms with van der Waals surface area (Å²) in [5.74, 6) is -10.6. The average Bonchev–Trinajstić information content (AvgIpc) is 2.99. The molecule has 0 heterocycles. The van der Waals surface area contributed by atoms with Crippen LogP contribution < -0.4 is 4.74 Å². The molecule has 1 saturated carbocycles. The minimum atomic E-state index is -4.65. The van der Waals surface area contributed by atoms with Crippen molar-refractivity contribution in [3.63, 3.8) is 0 Å². The van der Waals surface area contributed by atoms with Crippen LogP contribution in [0, 0.1) is 46.6 Å². The van der Waals surface area contributed by atoms with Gasteiger partial charge >= 0.3 is 6.11 Å². The molecule has 1 aliphatic carbocycles. The Labute approximate surface area is 260 Å². The maximum Gasteiger partial charge on any atom is 0.432 e. The molecule has 1 aliphatic rings. The van der Waals surface area contributed by atoms with Gasteiger partial charge in [0.1, 0.15) is 34.6 Å². The number of benzene rings is 4. The van der Waals surface area contributed by atoms with Gasteiger partial charge in [0.05, 0.1) is 0 Å². The molecule has 0 bridgehead atoms. The van der Waals surface area contributed by atoms with Crippen LogP contribution in [0.1, 0.15) is 62.0 Å². The highest BCUT2D eigenvalue weighted by molar-refractivity contribution is 5.66. The Morgan fingerprint density at radius 1 is 0.674 bits per heavy atom. The highest BCUT2D eigenvalue weighted by Gasteiger charge is 2.41. The zero-order valence-corrected chi connectivity index (χ0v) is 24.5. The number of hydrogen-bond acceptors (Lipinski definition) is 1. The first kappa shape index (κ1) is 33.2. The standard InChI is InChI=1S/C36H29F9O/c1-2-3-4-5-20-6-8-21(9-7-20)22-10-12-26(28(37)14-22)23-15-30(39)34(31(40)16-23)36(44,45)46-25-11-13-27(29(38)19-25)24-17-32(41)35(43)33(42)18-24/h2,10-21H,1,3-9H2. The van der Waals surface area contributed by atoms with Gasteiger partial charge in [-0.25, -0.2) is 30.7 Å². The number of rotatable bonds is 10. The van der Waals surface area contributed by atoms with Gasteiger partial charge < -0.3 is 4.74 Å².